The maximum Gasteiger partial charge on any atom is 0.0911 e. The Kier molecular flexibility index (Phi) is 2.58. The smallest absolute Gasteiger partial charge is 0.0911 e. The van der Waals surface area contributed by atoms with Crippen molar-refractivity contribution in [1.82, 2.24) is 0 Å². The summed E-state index contributed by atoms with van der Waals surface area (Å²) < 4.78 is 5.46. The third kappa shape index (κ3) is 1.98. The zero-order valence-corrected chi connectivity index (χ0v) is 8.62. The summed E-state index contributed by atoms with van der Waals surface area (Å²) in [6, 6.07) is 8.66. The molecule has 0 heterocycles. The van der Waals surface area contributed by atoms with E-state index >= 15 is 0 Å². The molecule has 14 heavy (non-hydrogen) atoms. The van der Waals surface area contributed by atoms with Crippen LogP contribution in [-0.4, -0.2) is 6.61 Å². The molecule has 0 aliphatic heterocycles. The molecule has 1 aliphatic carbocycles. The maximum atomic E-state index is 5.46. The molecule has 0 fully saturated rings. The van der Waals surface area contributed by atoms with Crippen molar-refractivity contribution in [2.24, 2.45) is 5.92 Å². The van der Waals surface area contributed by atoms with Crippen molar-refractivity contribution >= 4 is 0 Å². The van der Waals surface area contributed by atoms with Crippen LogP contribution in [0.15, 0.2) is 36.6 Å². The number of ether oxygens (including phenoxy) is 1. The van der Waals surface area contributed by atoms with E-state index in [0.29, 0.717) is 5.92 Å². The first-order valence-electron chi connectivity index (χ1n) is 5.11. The van der Waals surface area contributed by atoms with Gasteiger partial charge in [0.1, 0.15) is 0 Å². The van der Waals surface area contributed by atoms with Gasteiger partial charge in [-0.1, -0.05) is 30.8 Å². The lowest BCUT2D eigenvalue weighted by molar-refractivity contribution is 0.171. The highest BCUT2D eigenvalue weighted by Gasteiger charge is 2.20. The molecule has 0 unspecified atom stereocenters. The fourth-order valence-electron chi connectivity index (χ4n) is 2.03. The average molecular weight is 188 g/mol. The molecule has 1 nitrogen and oxygen atoms in total. The molecule has 0 radical (unpaired) electrons. The molecule has 1 aromatic rings. The molecule has 0 saturated heterocycles. The Morgan fingerprint density at radius 1 is 1.36 bits per heavy atom. The summed E-state index contributed by atoms with van der Waals surface area (Å²) in [5, 5.41) is 0. The Balaban J connectivity index is 1.95. The van der Waals surface area contributed by atoms with E-state index in [-0.39, 0.29) is 0 Å². The van der Waals surface area contributed by atoms with E-state index in [4.69, 9.17) is 4.74 Å². The minimum absolute atomic E-state index is 0.643. The summed E-state index contributed by atoms with van der Waals surface area (Å²) in [5.41, 5.74) is 2.98. The van der Waals surface area contributed by atoms with E-state index in [1.54, 1.807) is 0 Å². The molecule has 1 aromatic carbocycles. The largest absolute Gasteiger partial charge is 0.499 e. The van der Waals surface area contributed by atoms with Crippen LogP contribution in [-0.2, 0) is 17.6 Å². The predicted molar refractivity (Wildman–Crippen MR) is 58.1 cm³/mol. The van der Waals surface area contributed by atoms with Crippen molar-refractivity contribution in [3.05, 3.63) is 47.7 Å². The Morgan fingerprint density at radius 3 is 2.43 bits per heavy atom. The van der Waals surface area contributed by atoms with Gasteiger partial charge in [0.15, 0.2) is 0 Å². The lowest BCUT2D eigenvalue weighted by Crippen LogP contribution is -2.08. The van der Waals surface area contributed by atoms with Crippen molar-refractivity contribution in [1.29, 1.82) is 0 Å². The fourth-order valence-corrected chi connectivity index (χ4v) is 2.03. The minimum Gasteiger partial charge on any atom is -0.499 e. The maximum absolute atomic E-state index is 5.46. The molecule has 2 rings (SSSR count). The molecule has 1 heteroatoms. The third-order valence-corrected chi connectivity index (χ3v) is 2.70. The summed E-state index contributed by atoms with van der Waals surface area (Å²) in [5.74, 6) is 1.46. The van der Waals surface area contributed by atoms with Crippen molar-refractivity contribution in [2.75, 3.05) is 6.61 Å². The van der Waals surface area contributed by atoms with Gasteiger partial charge in [0, 0.05) is 5.92 Å². The van der Waals surface area contributed by atoms with E-state index in [1.807, 2.05) is 6.92 Å². The summed E-state index contributed by atoms with van der Waals surface area (Å²) in [6.45, 7) is 6.46. The second-order valence-electron chi connectivity index (χ2n) is 4.06. The molecule has 0 saturated carbocycles. The molecule has 0 amide bonds. The second-order valence-corrected chi connectivity index (χ2v) is 4.06. The van der Waals surface area contributed by atoms with E-state index in [2.05, 4.69) is 30.8 Å². The number of hydrogen-bond acceptors (Lipinski definition) is 1. The Bertz CT molecular complexity index is 316. The first kappa shape index (κ1) is 9.32. The van der Waals surface area contributed by atoms with Crippen molar-refractivity contribution in [3.63, 3.8) is 0 Å². The Morgan fingerprint density at radius 2 is 1.93 bits per heavy atom. The molecule has 0 aromatic heterocycles. The molecule has 0 bridgehead atoms. The normalized spacial score (nSPS) is 15.2. The van der Waals surface area contributed by atoms with Crippen LogP contribution in [0.5, 0.6) is 0 Å². The molecule has 0 atom stereocenters. The van der Waals surface area contributed by atoms with Gasteiger partial charge in [-0.05, 0) is 30.9 Å². The van der Waals surface area contributed by atoms with Gasteiger partial charge in [0.2, 0.25) is 0 Å². The van der Waals surface area contributed by atoms with E-state index < -0.39 is 0 Å². The van der Waals surface area contributed by atoms with Crippen LogP contribution in [0.4, 0.5) is 0 Å². The van der Waals surface area contributed by atoms with Gasteiger partial charge >= 0.3 is 0 Å². The van der Waals surface area contributed by atoms with Crippen LogP contribution in [0.2, 0.25) is 0 Å². The summed E-state index contributed by atoms with van der Waals surface area (Å²) >= 11 is 0. The Hall–Kier alpha value is -1.24. The Labute approximate surface area is 85.4 Å². The molecule has 1 aliphatic rings. The van der Waals surface area contributed by atoms with Crippen LogP contribution >= 0.6 is 0 Å². The zero-order valence-electron chi connectivity index (χ0n) is 8.62. The highest BCUT2D eigenvalue weighted by molar-refractivity contribution is 5.32. The van der Waals surface area contributed by atoms with Crippen LogP contribution in [0.1, 0.15) is 18.1 Å². The van der Waals surface area contributed by atoms with E-state index in [9.17, 15) is 0 Å². The minimum atomic E-state index is 0.643. The first-order valence-corrected chi connectivity index (χ1v) is 5.11. The summed E-state index contributed by atoms with van der Waals surface area (Å²) in [7, 11) is 0. The van der Waals surface area contributed by atoms with Crippen LogP contribution < -0.4 is 0 Å². The first-order chi connectivity index (χ1) is 6.75. The van der Waals surface area contributed by atoms with Crippen LogP contribution in [0, 0.1) is 5.92 Å². The number of allylic oxidation sites excluding steroid dienone is 1. The SMILES string of the molecule is C=C(C)OCC1Cc2ccccc2C1. The second kappa shape index (κ2) is 3.87. The number of hydrogen-bond donors (Lipinski definition) is 0. The zero-order chi connectivity index (χ0) is 9.97. The van der Waals surface area contributed by atoms with E-state index in [0.717, 1.165) is 25.2 Å². The average Bonchev–Trinajstić information content (AvgIpc) is 2.57. The van der Waals surface area contributed by atoms with Crippen LogP contribution in [0.3, 0.4) is 0 Å². The highest BCUT2D eigenvalue weighted by atomic mass is 16.5. The van der Waals surface area contributed by atoms with Gasteiger partial charge in [-0.3, -0.25) is 0 Å². The quantitative estimate of drug-likeness (QED) is 0.663. The highest BCUT2D eigenvalue weighted by Crippen LogP contribution is 2.26. The van der Waals surface area contributed by atoms with Crippen molar-refractivity contribution in [3.8, 4) is 0 Å². The number of rotatable bonds is 3. The molecular weight excluding hydrogens is 172 g/mol. The molecular formula is C13H16O. The standard InChI is InChI=1S/C13H16O/c1-10(2)14-9-11-7-12-5-3-4-6-13(12)8-11/h3-6,11H,1,7-9H2,2H3. The van der Waals surface area contributed by atoms with Crippen molar-refractivity contribution < 1.29 is 4.74 Å². The molecule has 74 valence electrons. The van der Waals surface area contributed by atoms with Crippen LogP contribution in [0.25, 0.3) is 0 Å². The monoisotopic (exact) mass is 188 g/mol. The number of benzene rings is 1. The van der Waals surface area contributed by atoms with E-state index in [1.165, 1.54) is 11.1 Å². The van der Waals surface area contributed by atoms with Gasteiger partial charge in [0.25, 0.3) is 0 Å². The number of fused-ring (bicyclic) bond motifs is 1. The third-order valence-electron chi connectivity index (χ3n) is 2.70. The van der Waals surface area contributed by atoms with Gasteiger partial charge in [0.05, 0.1) is 12.4 Å². The van der Waals surface area contributed by atoms with Crippen molar-refractivity contribution in [2.45, 2.75) is 19.8 Å². The fraction of sp³-hybridized carbons (Fsp3) is 0.385. The topological polar surface area (TPSA) is 9.23 Å². The summed E-state index contributed by atoms with van der Waals surface area (Å²) in [6.07, 6.45) is 2.31. The predicted octanol–water partition coefficient (Wildman–Crippen LogP) is 2.95. The lowest BCUT2D eigenvalue weighted by atomic mass is 10.1. The van der Waals surface area contributed by atoms with Gasteiger partial charge < -0.3 is 4.74 Å². The lowest BCUT2D eigenvalue weighted by Gasteiger charge is -2.10. The molecule has 0 spiro atoms. The van der Waals surface area contributed by atoms with Gasteiger partial charge in [-0.15, -0.1) is 0 Å². The van der Waals surface area contributed by atoms with Gasteiger partial charge in [-0.2, -0.15) is 0 Å². The van der Waals surface area contributed by atoms with Gasteiger partial charge in [-0.25, -0.2) is 0 Å². The summed E-state index contributed by atoms with van der Waals surface area (Å²) in [4.78, 5) is 0. The molecule has 0 N–H and O–H groups in total.